The van der Waals surface area contributed by atoms with Gasteiger partial charge in [0.25, 0.3) is 5.56 Å². The first-order valence-electron chi connectivity index (χ1n) is 3.59. The van der Waals surface area contributed by atoms with Gasteiger partial charge in [-0.15, -0.1) is 0 Å². The van der Waals surface area contributed by atoms with Crippen LogP contribution in [0.4, 0.5) is 0 Å². The summed E-state index contributed by atoms with van der Waals surface area (Å²) < 4.78 is 1.60. The fraction of sp³-hybridized carbons (Fsp3) is 0.429. The Morgan fingerprint density at radius 1 is 1.67 bits per heavy atom. The number of hydrogen-bond donors (Lipinski definition) is 2. The lowest BCUT2D eigenvalue weighted by Crippen LogP contribution is -2.16. The quantitative estimate of drug-likeness (QED) is 0.635. The van der Waals surface area contributed by atoms with Crippen molar-refractivity contribution in [3.8, 4) is 5.88 Å². The van der Waals surface area contributed by atoms with Gasteiger partial charge in [0.05, 0.1) is 5.56 Å². The van der Waals surface area contributed by atoms with E-state index < -0.39 is 0 Å². The van der Waals surface area contributed by atoms with E-state index in [1.807, 2.05) is 0 Å². The van der Waals surface area contributed by atoms with Crippen molar-refractivity contribution in [3.05, 3.63) is 20.7 Å². The van der Waals surface area contributed by atoms with E-state index in [-0.39, 0.29) is 16.2 Å². The molecule has 0 aliphatic heterocycles. The Bertz CT molecular complexity index is 405. The zero-order valence-electron chi connectivity index (χ0n) is 6.92. The van der Waals surface area contributed by atoms with Crippen molar-refractivity contribution in [2.45, 2.75) is 13.3 Å². The minimum absolute atomic E-state index is 0.0498. The molecule has 66 valence electrons. The van der Waals surface area contributed by atoms with Gasteiger partial charge < -0.3 is 5.11 Å². The summed E-state index contributed by atoms with van der Waals surface area (Å²) in [5, 5.41) is 9.44. The Kier molecular flexibility index (Phi) is 2.32. The van der Waals surface area contributed by atoms with E-state index in [4.69, 9.17) is 12.2 Å². The molecule has 5 heteroatoms. The second-order valence-corrected chi connectivity index (χ2v) is 2.86. The molecule has 0 aliphatic carbocycles. The average Bonchev–Trinajstić information content (AvgIpc) is 2.01. The van der Waals surface area contributed by atoms with Crippen LogP contribution in [0.15, 0.2) is 4.79 Å². The van der Waals surface area contributed by atoms with Crippen molar-refractivity contribution in [1.82, 2.24) is 9.55 Å². The number of nitrogens with zero attached hydrogens (tertiary/aromatic N) is 1. The third-order valence-corrected chi connectivity index (χ3v) is 2.12. The molecule has 0 aromatic carbocycles. The third-order valence-electron chi connectivity index (χ3n) is 1.74. The molecule has 1 aromatic rings. The molecular formula is C7H10N2O2S. The highest BCUT2D eigenvalue weighted by molar-refractivity contribution is 7.71. The van der Waals surface area contributed by atoms with Crippen LogP contribution in [0, 0.1) is 4.77 Å². The maximum absolute atomic E-state index is 11.1. The highest BCUT2D eigenvalue weighted by atomic mass is 32.1. The van der Waals surface area contributed by atoms with E-state index in [0.29, 0.717) is 12.0 Å². The first-order valence-corrected chi connectivity index (χ1v) is 4.00. The minimum Gasteiger partial charge on any atom is -0.494 e. The van der Waals surface area contributed by atoms with E-state index in [9.17, 15) is 9.90 Å². The smallest absolute Gasteiger partial charge is 0.258 e. The highest BCUT2D eigenvalue weighted by Gasteiger charge is 2.06. The molecule has 0 bridgehead atoms. The van der Waals surface area contributed by atoms with Crippen molar-refractivity contribution in [2.75, 3.05) is 0 Å². The highest BCUT2D eigenvalue weighted by Crippen LogP contribution is 2.10. The average molecular weight is 186 g/mol. The molecule has 0 atom stereocenters. The lowest BCUT2D eigenvalue weighted by atomic mass is 10.2. The fourth-order valence-corrected chi connectivity index (χ4v) is 1.15. The molecule has 4 nitrogen and oxygen atoms in total. The summed E-state index contributed by atoms with van der Waals surface area (Å²) in [6.45, 7) is 1.80. The van der Waals surface area contributed by atoms with Gasteiger partial charge in [0.2, 0.25) is 5.88 Å². The maximum atomic E-state index is 11.1. The number of hydrogen-bond acceptors (Lipinski definition) is 3. The van der Waals surface area contributed by atoms with Gasteiger partial charge in [0.1, 0.15) is 0 Å². The van der Waals surface area contributed by atoms with E-state index >= 15 is 0 Å². The van der Waals surface area contributed by atoms with Crippen LogP contribution >= 0.6 is 12.2 Å². The summed E-state index contributed by atoms with van der Waals surface area (Å²) in [4.78, 5) is 13.6. The standard InChI is InChI=1S/C7H10N2O2S/c1-3-4-5(10)8-7(12)9(2)6(4)11/h11H,3H2,1-2H3,(H,8,10,12). The van der Waals surface area contributed by atoms with Crippen LogP contribution in [0.5, 0.6) is 5.88 Å². The zero-order chi connectivity index (χ0) is 9.30. The number of rotatable bonds is 1. The number of nitrogens with one attached hydrogen (secondary N) is 1. The topological polar surface area (TPSA) is 58.0 Å². The summed E-state index contributed by atoms with van der Waals surface area (Å²) in [6, 6.07) is 0. The van der Waals surface area contributed by atoms with Crippen molar-refractivity contribution in [1.29, 1.82) is 0 Å². The SMILES string of the molecule is CCc1c(O)n(C)c(=S)[nH]c1=O. The van der Waals surface area contributed by atoms with Crippen LogP contribution in [-0.2, 0) is 13.5 Å². The number of aromatic amines is 1. The van der Waals surface area contributed by atoms with Gasteiger partial charge in [-0.1, -0.05) is 6.92 Å². The van der Waals surface area contributed by atoms with Crippen molar-refractivity contribution < 1.29 is 5.11 Å². The van der Waals surface area contributed by atoms with Crippen LogP contribution in [0.3, 0.4) is 0 Å². The summed E-state index contributed by atoms with van der Waals surface area (Å²) in [6.07, 6.45) is 0.491. The number of aromatic nitrogens is 2. The Hall–Kier alpha value is -1.10. The fourth-order valence-electron chi connectivity index (χ4n) is 0.975. The summed E-state index contributed by atoms with van der Waals surface area (Å²) in [5.41, 5.74) is 0.0594. The van der Waals surface area contributed by atoms with Gasteiger partial charge in [0, 0.05) is 7.05 Å². The molecule has 0 aliphatic rings. The van der Waals surface area contributed by atoms with Gasteiger partial charge in [-0.25, -0.2) is 0 Å². The van der Waals surface area contributed by atoms with Crippen LogP contribution in [0.2, 0.25) is 0 Å². The first-order chi connectivity index (χ1) is 5.57. The lowest BCUT2D eigenvalue weighted by molar-refractivity contribution is 0.413. The predicted octanol–water partition coefficient (Wildman–Crippen LogP) is 0.711. The monoisotopic (exact) mass is 186 g/mol. The van der Waals surface area contributed by atoms with Crippen LogP contribution in [0.25, 0.3) is 0 Å². The summed E-state index contributed by atoms with van der Waals surface area (Å²) in [5.74, 6) is -0.0498. The summed E-state index contributed by atoms with van der Waals surface area (Å²) >= 11 is 4.78. The first kappa shape index (κ1) is 8.99. The van der Waals surface area contributed by atoms with Gasteiger partial charge in [0.15, 0.2) is 4.77 Å². The Labute approximate surface area is 74.5 Å². The molecule has 1 aromatic heterocycles. The number of aromatic hydroxyl groups is 1. The number of H-pyrrole nitrogens is 1. The van der Waals surface area contributed by atoms with Crippen molar-refractivity contribution in [3.63, 3.8) is 0 Å². The normalized spacial score (nSPS) is 10.2. The maximum Gasteiger partial charge on any atom is 0.258 e. The van der Waals surface area contributed by atoms with E-state index in [1.165, 1.54) is 4.57 Å². The van der Waals surface area contributed by atoms with Crippen LogP contribution in [0.1, 0.15) is 12.5 Å². The van der Waals surface area contributed by atoms with Gasteiger partial charge in [-0.3, -0.25) is 14.3 Å². The van der Waals surface area contributed by atoms with Crippen molar-refractivity contribution >= 4 is 12.2 Å². The molecule has 0 radical (unpaired) electrons. The summed E-state index contributed by atoms with van der Waals surface area (Å²) in [7, 11) is 1.60. The molecule has 0 fully saturated rings. The molecule has 0 spiro atoms. The second-order valence-electron chi connectivity index (χ2n) is 2.47. The third kappa shape index (κ3) is 1.27. The van der Waals surface area contributed by atoms with Gasteiger partial charge in [-0.2, -0.15) is 0 Å². The molecule has 1 heterocycles. The van der Waals surface area contributed by atoms with Crippen LogP contribution < -0.4 is 5.56 Å². The zero-order valence-corrected chi connectivity index (χ0v) is 7.73. The Balaban J connectivity index is 3.63. The van der Waals surface area contributed by atoms with Crippen molar-refractivity contribution in [2.24, 2.45) is 7.05 Å². The molecule has 0 amide bonds. The Morgan fingerprint density at radius 3 is 2.75 bits per heavy atom. The molecule has 0 saturated heterocycles. The lowest BCUT2D eigenvalue weighted by Gasteiger charge is -2.05. The van der Waals surface area contributed by atoms with Gasteiger partial charge in [-0.05, 0) is 18.6 Å². The molecule has 0 saturated carbocycles. The molecule has 2 N–H and O–H groups in total. The molecular weight excluding hydrogens is 176 g/mol. The van der Waals surface area contributed by atoms with Crippen LogP contribution in [-0.4, -0.2) is 14.7 Å². The van der Waals surface area contributed by atoms with E-state index in [0.717, 1.165) is 0 Å². The second kappa shape index (κ2) is 3.10. The molecule has 12 heavy (non-hydrogen) atoms. The minimum atomic E-state index is -0.307. The Morgan fingerprint density at radius 2 is 2.25 bits per heavy atom. The molecule has 1 rings (SSSR count). The predicted molar refractivity (Wildman–Crippen MR) is 47.9 cm³/mol. The van der Waals surface area contributed by atoms with E-state index in [2.05, 4.69) is 4.98 Å². The molecule has 0 unspecified atom stereocenters. The van der Waals surface area contributed by atoms with E-state index in [1.54, 1.807) is 14.0 Å². The largest absolute Gasteiger partial charge is 0.494 e. The van der Waals surface area contributed by atoms with Gasteiger partial charge >= 0.3 is 0 Å².